The average Bonchev–Trinajstić information content (AvgIpc) is 3.63. The lowest BCUT2D eigenvalue weighted by molar-refractivity contribution is -0.274. The third-order valence-corrected chi connectivity index (χ3v) is 5.79. The molecule has 0 aliphatic heterocycles. The van der Waals surface area contributed by atoms with E-state index in [0.29, 0.717) is 37.1 Å². The van der Waals surface area contributed by atoms with Gasteiger partial charge >= 0.3 is 6.36 Å². The molecule has 0 fully saturated rings. The number of benzene rings is 2. The number of hydrogen-bond donors (Lipinski definition) is 3. The molecule has 0 aliphatic carbocycles. The first-order valence-corrected chi connectivity index (χ1v) is 12.6. The van der Waals surface area contributed by atoms with Gasteiger partial charge in [0.25, 0.3) is 11.8 Å². The van der Waals surface area contributed by atoms with Gasteiger partial charge in [0.15, 0.2) is 11.4 Å². The Hall–Kier alpha value is -4.79. The molecule has 15 heteroatoms. The van der Waals surface area contributed by atoms with E-state index in [1.54, 1.807) is 30.3 Å². The van der Waals surface area contributed by atoms with E-state index in [2.05, 4.69) is 36.0 Å². The third kappa shape index (κ3) is 9.13. The third-order valence-electron chi connectivity index (χ3n) is 5.79. The van der Waals surface area contributed by atoms with Crippen LogP contribution in [0, 0.1) is 0 Å². The van der Waals surface area contributed by atoms with Crippen molar-refractivity contribution >= 4 is 11.8 Å². The SMILES string of the molecule is O=C(NCc1cccc(OC(F)(F)F)c1)c1cn(CCCCn2cc(C(=O)NC[C@H](O)c3ccccc3)nn2)nn1. The van der Waals surface area contributed by atoms with E-state index in [4.69, 9.17) is 0 Å². The highest BCUT2D eigenvalue weighted by atomic mass is 19.4. The molecule has 2 aromatic carbocycles. The lowest BCUT2D eigenvalue weighted by atomic mass is 10.1. The lowest BCUT2D eigenvalue weighted by Crippen LogP contribution is -2.28. The van der Waals surface area contributed by atoms with E-state index >= 15 is 0 Å². The van der Waals surface area contributed by atoms with E-state index in [1.807, 2.05) is 6.07 Å². The molecule has 2 amide bonds. The first-order chi connectivity index (χ1) is 19.7. The number of aryl methyl sites for hydroxylation is 2. The Kier molecular flexibility index (Phi) is 9.63. The number of unbranched alkanes of at least 4 members (excludes halogenated alkanes) is 1. The molecule has 4 rings (SSSR count). The highest BCUT2D eigenvalue weighted by Gasteiger charge is 2.31. The zero-order valence-electron chi connectivity index (χ0n) is 21.7. The highest BCUT2D eigenvalue weighted by Crippen LogP contribution is 2.23. The van der Waals surface area contributed by atoms with Gasteiger partial charge in [-0.05, 0) is 36.1 Å². The molecule has 4 aromatic rings. The molecule has 0 aliphatic rings. The van der Waals surface area contributed by atoms with E-state index < -0.39 is 24.3 Å². The molecule has 0 unspecified atom stereocenters. The maximum atomic E-state index is 12.4. The van der Waals surface area contributed by atoms with Gasteiger partial charge in [-0.15, -0.1) is 23.4 Å². The predicted octanol–water partition coefficient (Wildman–Crippen LogP) is 2.64. The summed E-state index contributed by atoms with van der Waals surface area (Å²) < 4.78 is 44.1. The van der Waals surface area contributed by atoms with Crippen LogP contribution in [0.15, 0.2) is 67.0 Å². The van der Waals surface area contributed by atoms with Gasteiger partial charge in [-0.2, -0.15) is 0 Å². The molecule has 2 heterocycles. The number of hydrogen-bond acceptors (Lipinski definition) is 8. The van der Waals surface area contributed by atoms with Crippen molar-refractivity contribution in [2.24, 2.45) is 0 Å². The van der Waals surface area contributed by atoms with Gasteiger partial charge in [-0.25, -0.2) is 0 Å². The zero-order valence-corrected chi connectivity index (χ0v) is 21.7. The van der Waals surface area contributed by atoms with Crippen LogP contribution in [-0.4, -0.2) is 59.8 Å². The van der Waals surface area contributed by atoms with Crippen molar-refractivity contribution in [3.8, 4) is 5.75 Å². The molecule has 41 heavy (non-hydrogen) atoms. The molecule has 1 atom stereocenters. The summed E-state index contributed by atoms with van der Waals surface area (Å²) in [5.74, 6) is -1.34. The summed E-state index contributed by atoms with van der Waals surface area (Å²) in [5.41, 5.74) is 1.32. The molecular weight excluding hydrogens is 545 g/mol. The van der Waals surface area contributed by atoms with Gasteiger partial charge in [-0.3, -0.25) is 19.0 Å². The van der Waals surface area contributed by atoms with Gasteiger partial charge < -0.3 is 20.5 Å². The minimum absolute atomic E-state index is 0.0216. The van der Waals surface area contributed by atoms with E-state index in [1.165, 1.54) is 40.0 Å². The van der Waals surface area contributed by atoms with Crippen LogP contribution in [-0.2, 0) is 19.6 Å². The Labute approximate surface area is 232 Å². The number of aliphatic hydroxyl groups excluding tert-OH is 1. The van der Waals surface area contributed by atoms with Crippen LogP contribution >= 0.6 is 0 Å². The van der Waals surface area contributed by atoms with Gasteiger partial charge in [0.2, 0.25) is 0 Å². The molecule has 0 spiro atoms. The fraction of sp³-hybridized carbons (Fsp3) is 0.308. The number of rotatable bonds is 13. The van der Waals surface area contributed by atoms with E-state index in [-0.39, 0.29) is 30.2 Å². The number of aliphatic hydroxyl groups is 1. The van der Waals surface area contributed by atoms with Crippen LogP contribution in [0.25, 0.3) is 0 Å². The van der Waals surface area contributed by atoms with Crippen LogP contribution < -0.4 is 15.4 Å². The summed E-state index contributed by atoms with van der Waals surface area (Å²) in [6.07, 6.45) is -1.30. The summed E-state index contributed by atoms with van der Waals surface area (Å²) in [5, 5.41) is 31.0. The second kappa shape index (κ2) is 13.5. The first kappa shape index (κ1) is 29.2. The molecule has 2 aromatic heterocycles. The fourth-order valence-corrected chi connectivity index (χ4v) is 3.77. The smallest absolute Gasteiger partial charge is 0.406 e. The van der Waals surface area contributed by atoms with Gasteiger partial charge in [0.1, 0.15) is 5.75 Å². The molecular formula is C26H27F3N8O4. The lowest BCUT2D eigenvalue weighted by Gasteiger charge is -2.11. The van der Waals surface area contributed by atoms with Crippen LogP contribution in [0.5, 0.6) is 5.75 Å². The van der Waals surface area contributed by atoms with E-state index in [0.717, 1.165) is 0 Å². The van der Waals surface area contributed by atoms with Crippen molar-refractivity contribution in [2.45, 2.75) is 44.9 Å². The van der Waals surface area contributed by atoms with Crippen LogP contribution in [0.1, 0.15) is 51.0 Å². The van der Waals surface area contributed by atoms with E-state index in [9.17, 15) is 27.9 Å². The monoisotopic (exact) mass is 572 g/mol. The van der Waals surface area contributed by atoms with Crippen molar-refractivity contribution in [1.82, 2.24) is 40.6 Å². The molecule has 0 saturated heterocycles. The summed E-state index contributed by atoms with van der Waals surface area (Å²) in [7, 11) is 0. The number of carbonyl (C=O) groups is 2. The topological polar surface area (TPSA) is 149 Å². The van der Waals surface area contributed by atoms with Crippen molar-refractivity contribution in [1.29, 1.82) is 0 Å². The van der Waals surface area contributed by atoms with Crippen LogP contribution in [0.3, 0.4) is 0 Å². The quantitative estimate of drug-likeness (QED) is 0.207. The number of carbonyl (C=O) groups excluding carboxylic acids is 2. The maximum absolute atomic E-state index is 12.4. The Morgan fingerprint density at radius 1 is 0.878 bits per heavy atom. The Morgan fingerprint density at radius 2 is 1.49 bits per heavy atom. The van der Waals surface area contributed by atoms with Crippen molar-refractivity contribution in [2.75, 3.05) is 6.54 Å². The molecule has 12 nitrogen and oxygen atoms in total. The summed E-state index contributed by atoms with van der Waals surface area (Å²) in [6.45, 7) is 0.979. The second-order valence-corrected chi connectivity index (χ2v) is 8.96. The minimum Gasteiger partial charge on any atom is -0.406 e. The Morgan fingerprint density at radius 3 is 2.10 bits per heavy atom. The molecule has 3 N–H and O–H groups in total. The summed E-state index contributed by atoms with van der Waals surface area (Å²) in [6, 6.07) is 14.3. The van der Waals surface area contributed by atoms with Crippen molar-refractivity contribution < 1.29 is 32.6 Å². The molecule has 0 radical (unpaired) electrons. The normalized spacial score (nSPS) is 12.1. The summed E-state index contributed by atoms with van der Waals surface area (Å²) >= 11 is 0. The number of alkyl halides is 3. The fourth-order valence-electron chi connectivity index (χ4n) is 3.77. The molecule has 0 bridgehead atoms. The summed E-state index contributed by atoms with van der Waals surface area (Å²) in [4.78, 5) is 24.7. The maximum Gasteiger partial charge on any atom is 0.573 e. The minimum atomic E-state index is -4.80. The number of nitrogens with zero attached hydrogens (tertiary/aromatic N) is 6. The average molecular weight is 573 g/mol. The Bertz CT molecular complexity index is 1440. The zero-order chi connectivity index (χ0) is 29.2. The van der Waals surface area contributed by atoms with Gasteiger partial charge in [0, 0.05) is 26.2 Å². The number of nitrogens with one attached hydrogen (secondary N) is 2. The highest BCUT2D eigenvalue weighted by molar-refractivity contribution is 5.92. The van der Waals surface area contributed by atoms with Gasteiger partial charge in [0.05, 0.1) is 18.5 Å². The van der Waals surface area contributed by atoms with Gasteiger partial charge in [-0.1, -0.05) is 52.9 Å². The van der Waals surface area contributed by atoms with Crippen LogP contribution in [0.2, 0.25) is 0 Å². The van der Waals surface area contributed by atoms with Crippen molar-refractivity contribution in [3.63, 3.8) is 0 Å². The molecule has 0 saturated carbocycles. The number of halogens is 3. The van der Waals surface area contributed by atoms with Crippen molar-refractivity contribution in [3.05, 3.63) is 89.5 Å². The standard InChI is InChI=1S/C26H27F3N8O4/c27-26(28,29)41-20-10-6-7-18(13-20)14-30-24(39)21-16-36(34-32-21)11-4-5-12-37-17-22(33-35-37)25(40)31-15-23(38)19-8-2-1-3-9-19/h1-3,6-10,13,16-17,23,38H,4-5,11-12,14-15H2,(H,30,39)(H,31,40)/t23-/m0/s1. The Balaban J connectivity index is 1.16. The second-order valence-electron chi connectivity index (χ2n) is 8.96. The molecule has 216 valence electrons. The van der Waals surface area contributed by atoms with Crippen LogP contribution in [0.4, 0.5) is 13.2 Å². The number of aromatic nitrogens is 6. The largest absolute Gasteiger partial charge is 0.573 e. The number of ether oxygens (including phenoxy) is 1. The predicted molar refractivity (Wildman–Crippen MR) is 137 cm³/mol. The number of amides is 2. The first-order valence-electron chi connectivity index (χ1n) is 12.6.